The van der Waals surface area contributed by atoms with Crippen molar-refractivity contribution in [3.8, 4) is 0 Å². The third-order valence-corrected chi connectivity index (χ3v) is 1.80. The van der Waals surface area contributed by atoms with E-state index < -0.39 is 5.82 Å². The van der Waals surface area contributed by atoms with Crippen molar-refractivity contribution in [3.63, 3.8) is 0 Å². The van der Waals surface area contributed by atoms with Crippen LogP contribution in [0, 0.1) is 5.82 Å². The van der Waals surface area contributed by atoms with E-state index in [1.807, 2.05) is 6.92 Å². The predicted octanol–water partition coefficient (Wildman–Crippen LogP) is 2.76. The molecule has 0 aliphatic rings. The van der Waals surface area contributed by atoms with E-state index in [1.165, 1.54) is 18.3 Å². The normalized spacial score (nSPS) is 9.86. The van der Waals surface area contributed by atoms with Crippen molar-refractivity contribution in [2.75, 3.05) is 0 Å². The van der Waals surface area contributed by atoms with Gasteiger partial charge in [0.05, 0.1) is 0 Å². The highest BCUT2D eigenvalue weighted by Crippen LogP contribution is 2.09. The van der Waals surface area contributed by atoms with Gasteiger partial charge in [0, 0.05) is 12.6 Å². The first-order valence-electron chi connectivity index (χ1n) is 4.39. The Balaban J connectivity index is 2.70. The Bertz CT molecular complexity index is 360. The van der Waals surface area contributed by atoms with Gasteiger partial charge in [0.15, 0.2) is 11.6 Å². The summed E-state index contributed by atoms with van der Waals surface area (Å²) in [5, 5.41) is 0. The molecule has 0 spiro atoms. The van der Waals surface area contributed by atoms with Crippen LogP contribution in [-0.4, -0.2) is 10.8 Å². The van der Waals surface area contributed by atoms with Gasteiger partial charge in [-0.05, 0) is 25.5 Å². The highest BCUT2D eigenvalue weighted by molar-refractivity contribution is 5.94. The average Bonchev–Trinajstić information content (AvgIpc) is 2.15. The molecular weight excluding hydrogens is 181 g/mol. The molecule has 0 bridgehead atoms. The number of rotatable bonds is 4. The minimum atomic E-state index is -0.556. The number of ketones is 1. The molecular formula is C11H12FNO. The number of hydrogen-bond acceptors (Lipinski definition) is 2. The van der Waals surface area contributed by atoms with E-state index in [9.17, 15) is 9.18 Å². The van der Waals surface area contributed by atoms with Crippen LogP contribution in [0.25, 0.3) is 0 Å². The van der Waals surface area contributed by atoms with Crippen LogP contribution in [0.1, 0.15) is 30.3 Å². The van der Waals surface area contributed by atoms with E-state index in [1.54, 1.807) is 0 Å². The average molecular weight is 193 g/mol. The monoisotopic (exact) mass is 193 g/mol. The number of pyridine rings is 1. The van der Waals surface area contributed by atoms with Crippen LogP contribution in [0.5, 0.6) is 0 Å². The Labute approximate surface area is 82.5 Å². The van der Waals surface area contributed by atoms with Gasteiger partial charge in [0.1, 0.15) is 5.69 Å². The molecule has 0 aliphatic carbocycles. The third-order valence-electron chi connectivity index (χ3n) is 1.80. The first-order chi connectivity index (χ1) is 6.61. The van der Waals surface area contributed by atoms with E-state index in [4.69, 9.17) is 0 Å². The molecule has 0 atom stereocenters. The molecule has 2 nitrogen and oxygen atoms in total. The molecule has 0 saturated heterocycles. The van der Waals surface area contributed by atoms with Gasteiger partial charge in [-0.3, -0.25) is 9.78 Å². The number of carbonyl (C=O) groups excluding carboxylic acids is 1. The van der Waals surface area contributed by atoms with Crippen molar-refractivity contribution < 1.29 is 9.18 Å². The number of nitrogens with zero attached hydrogens (tertiary/aromatic N) is 1. The lowest BCUT2D eigenvalue weighted by Crippen LogP contribution is -2.05. The number of carbonyl (C=O) groups is 1. The number of allylic oxidation sites excluding steroid dienone is 1. The molecule has 1 heterocycles. The summed E-state index contributed by atoms with van der Waals surface area (Å²) in [6, 6.07) is 2.70. The van der Waals surface area contributed by atoms with Crippen LogP contribution >= 0.6 is 0 Å². The molecule has 1 rings (SSSR count). The number of Topliss-reactive ketones (excluding diaryl/α,β-unsaturated/α-hetero) is 1. The molecule has 3 heteroatoms. The van der Waals surface area contributed by atoms with Crippen molar-refractivity contribution in [1.82, 2.24) is 4.98 Å². The highest BCUT2D eigenvalue weighted by Gasteiger charge is 2.11. The molecule has 0 saturated carbocycles. The van der Waals surface area contributed by atoms with Crippen LogP contribution in [0.3, 0.4) is 0 Å². The van der Waals surface area contributed by atoms with Crippen LogP contribution in [0.4, 0.5) is 4.39 Å². The van der Waals surface area contributed by atoms with Crippen LogP contribution < -0.4 is 0 Å². The molecule has 0 fully saturated rings. The maximum Gasteiger partial charge on any atom is 0.184 e. The van der Waals surface area contributed by atoms with Crippen molar-refractivity contribution in [1.29, 1.82) is 0 Å². The fourth-order valence-electron chi connectivity index (χ4n) is 1.04. The summed E-state index contributed by atoms with van der Waals surface area (Å²) >= 11 is 0. The highest BCUT2D eigenvalue weighted by atomic mass is 19.1. The minimum absolute atomic E-state index is 0.0752. The van der Waals surface area contributed by atoms with E-state index in [0.717, 1.165) is 5.57 Å². The van der Waals surface area contributed by atoms with Gasteiger partial charge < -0.3 is 0 Å². The van der Waals surface area contributed by atoms with Gasteiger partial charge in [-0.25, -0.2) is 4.39 Å². The maximum absolute atomic E-state index is 13.1. The molecule has 0 amide bonds. The first-order valence-corrected chi connectivity index (χ1v) is 4.39. The second-order valence-electron chi connectivity index (χ2n) is 3.21. The Morgan fingerprint density at radius 3 is 2.86 bits per heavy atom. The van der Waals surface area contributed by atoms with Gasteiger partial charge in [-0.1, -0.05) is 5.57 Å². The summed E-state index contributed by atoms with van der Waals surface area (Å²) in [6.07, 6.45) is 2.26. The van der Waals surface area contributed by atoms with Gasteiger partial charge >= 0.3 is 0 Å². The van der Waals surface area contributed by atoms with Crippen LogP contribution in [-0.2, 0) is 0 Å². The van der Waals surface area contributed by atoms with Gasteiger partial charge in [-0.15, -0.1) is 6.58 Å². The standard InChI is InChI=1S/C11H12FNO/c1-8(2)5-6-10(14)11-9(12)4-3-7-13-11/h3-4,7H,1,5-6H2,2H3. The summed E-state index contributed by atoms with van der Waals surface area (Å²) in [5.41, 5.74) is 0.837. The lowest BCUT2D eigenvalue weighted by Gasteiger charge is -2.00. The minimum Gasteiger partial charge on any atom is -0.292 e. The first kappa shape index (κ1) is 10.6. The number of hydrogen-bond donors (Lipinski definition) is 0. The molecule has 0 aliphatic heterocycles. The Kier molecular flexibility index (Phi) is 3.51. The van der Waals surface area contributed by atoms with Crippen molar-refractivity contribution in [3.05, 3.63) is 42.0 Å². The zero-order valence-electron chi connectivity index (χ0n) is 8.09. The summed E-state index contributed by atoms with van der Waals surface area (Å²) in [6.45, 7) is 5.51. The zero-order chi connectivity index (χ0) is 10.6. The Morgan fingerprint density at radius 1 is 1.57 bits per heavy atom. The summed E-state index contributed by atoms with van der Waals surface area (Å²) in [7, 11) is 0. The molecule has 0 radical (unpaired) electrons. The van der Waals surface area contributed by atoms with Crippen LogP contribution in [0.15, 0.2) is 30.5 Å². The third kappa shape index (κ3) is 2.76. The van der Waals surface area contributed by atoms with Crippen molar-refractivity contribution >= 4 is 5.78 Å². The second kappa shape index (κ2) is 4.65. The number of halogens is 1. The summed E-state index contributed by atoms with van der Waals surface area (Å²) < 4.78 is 13.1. The molecule has 0 N–H and O–H groups in total. The SMILES string of the molecule is C=C(C)CCC(=O)c1ncccc1F. The van der Waals surface area contributed by atoms with E-state index in [2.05, 4.69) is 11.6 Å². The quantitative estimate of drug-likeness (QED) is 0.543. The van der Waals surface area contributed by atoms with Gasteiger partial charge in [0.2, 0.25) is 0 Å². The molecule has 14 heavy (non-hydrogen) atoms. The fourth-order valence-corrected chi connectivity index (χ4v) is 1.04. The summed E-state index contributed by atoms with van der Waals surface area (Å²) in [5.74, 6) is -0.828. The van der Waals surface area contributed by atoms with Crippen molar-refractivity contribution in [2.24, 2.45) is 0 Å². The summed E-state index contributed by atoms with van der Waals surface area (Å²) in [4.78, 5) is 15.1. The fraction of sp³-hybridized carbons (Fsp3) is 0.273. The molecule has 74 valence electrons. The maximum atomic E-state index is 13.1. The predicted molar refractivity (Wildman–Crippen MR) is 52.6 cm³/mol. The van der Waals surface area contributed by atoms with Crippen molar-refractivity contribution in [2.45, 2.75) is 19.8 Å². The molecule has 0 unspecified atom stereocenters. The van der Waals surface area contributed by atoms with Gasteiger partial charge in [0.25, 0.3) is 0 Å². The Hall–Kier alpha value is -1.51. The van der Waals surface area contributed by atoms with Gasteiger partial charge in [-0.2, -0.15) is 0 Å². The Morgan fingerprint density at radius 2 is 2.29 bits per heavy atom. The van der Waals surface area contributed by atoms with E-state index in [0.29, 0.717) is 6.42 Å². The topological polar surface area (TPSA) is 30.0 Å². The molecule has 1 aromatic rings. The smallest absolute Gasteiger partial charge is 0.184 e. The molecule has 1 aromatic heterocycles. The lowest BCUT2D eigenvalue weighted by molar-refractivity contribution is 0.0973. The molecule has 0 aromatic carbocycles. The van der Waals surface area contributed by atoms with E-state index in [-0.39, 0.29) is 17.9 Å². The van der Waals surface area contributed by atoms with Crippen LogP contribution in [0.2, 0.25) is 0 Å². The largest absolute Gasteiger partial charge is 0.292 e. The lowest BCUT2D eigenvalue weighted by atomic mass is 10.1. The zero-order valence-corrected chi connectivity index (χ0v) is 8.09. The second-order valence-corrected chi connectivity index (χ2v) is 3.21. The van der Waals surface area contributed by atoms with E-state index >= 15 is 0 Å². The number of aromatic nitrogens is 1.